The Kier molecular flexibility index (Phi) is 5.68. The van der Waals surface area contributed by atoms with Crippen LogP contribution in [0.2, 0.25) is 6.55 Å². The fourth-order valence-electron chi connectivity index (χ4n) is 2.13. The second-order valence-corrected chi connectivity index (χ2v) is 7.97. The highest BCUT2D eigenvalue weighted by Gasteiger charge is 2.29. The highest BCUT2D eigenvalue weighted by molar-refractivity contribution is 6.58. The number of benzene rings is 3. The van der Waals surface area contributed by atoms with Gasteiger partial charge in [0.1, 0.15) is 0 Å². The molecular weight excluding hydrogens is 292 g/mol. The maximum atomic E-state index is 4.93. The van der Waals surface area contributed by atoms with Gasteiger partial charge in [-0.25, -0.2) is 0 Å². The monoisotopic (exact) mass is 314 g/mol. The smallest absolute Gasteiger partial charge is 0.377 e. The summed E-state index contributed by atoms with van der Waals surface area (Å²) < 4.78 is 14.8. The molecule has 22 heavy (non-hydrogen) atoms. The molecule has 0 spiro atoms. The van der Waals surface area contributed by atoms with Crippen LogP contribution in [-0.2, 0) is 13.3 Å². The molecule has 0 saturated carbocycles. The summed E-state index contributed by atoms with van der Waals surface area (Å²) in [6.45, 7) is 1.83. The standard InChI is InChI=1S/C14H10.C4H12O3Si/c1-2-6-12-10-14-8-4-3-7-13(14)9-11(12)5-1;1-5-8(4,6-2)7-3/h1-10H;1-4H3. The second-order valence-electron chi connectivity index (χ2n) is 5.02. The molecule has 0 atom stereocenters. The first kappa shape index (κ1) is 16.6. The van der Waals surface area contributed by atoms with Crippen molar-refractivity contribution in [1.82, 2.24) is 0 Å². The van der Waals surface area contributed by atoms with Crippen LogP contribution < -0.4 is 0 Å². The van der Waals surface area contributed by atoms with Crippen LogP contribution in [0.5, 0.6) is 0 Å². The highest BCUT2D eigenvalue weighted by Crippen LogP contribution is 2.21. The zero-order valence-corrected chi connectivity index (χ0v) is 14.5. The molecule has 0 radical (unpaired) electrons. The van der Waals surface area contributed by atoms with Gasteiger partial charge >= 0.3 is 8.80 Å². The van der Waals surface area contributed by atoms with Crippen LogP contribution in [0, 0.1) is 0 Å². The lowest BCUT2D eigenvalue weighted by Crippen LogP contribution is -2.38. The predicted octanol–water partition coefficient (Wildman–Crippen LogP) is 4.49. The minimum Gasteiger partial charge on any atom is -0.377 e. The van der Waals surface area contributed by atoms with Gasteiger partial charge in [-0.05, 0) is 33.7 Å². The van der Waals surface area contributed by atoms with E-state index in [0.29, 0.717) is 0 Å². The summed E-state index contributed by atoms with van der Waals surface area (Å²) in [7, 11) is 2.58. The van der Waals surface area contributed by atoms with Gasteiger partial charge in [0.15, 0.2) is 0 Å². The summed E-state index contributed by atoms with van der Waals surface area (Å²) >= 11 is 0. The quantitative estimate of drug-likeness (QED) is 0.527. The molecule has 0 aliphatic rings. The number of hydrogen-bond donors (Lipinski definition) is 0. The van der Waals surface area contributed by atoms with Crippen molar-refractivity contribution in [1.29, 1.82) is 0 Å². The Morgan fingerprint density at radius 3 is 1.05 bits per heavy atom. The van der Waals surface area contributed by atoms with E-state index in [4.69, 9.17) is 13.3 Å². The summed E-state index contributed by atoms with van der Waals surface area (Å²) in [5.41, 5.74) is 0. The van der Waals surface area contributed by atoms with Gasteiger partial charge in [0.2, 0.25) is 0 Å². The predicted molar refractivity (Wildman–Crippen MR) is 94.1 cm³/mol. The topological polar surface area (TPSA) is 27.7 Å². The molecule has 116 valence electrons. The number of hydrogen-bond acceptors (Lipinski definition) is 3. The van der Waals surface area contributed by atoms with Crippen molar-refractivity contribution in [3.63, 3.8) is 0 Å². The van der Waals surface area contributed by atoms with E-state index in [-0.39, 0.29) is 0 Å². The molecule has 0 aromatic heterocycles. The Labute approximate surface area is 132 Å². The molecule has 3 nitrogen and oxygen atoms in total. The molecule has 0 amide bonds. The van der Waals surface area contributed by atoms with Gasteiger partial charge in [-0.1, -0.05) is 48.5 Å². The molecule has 3 aromatic carbocycles. The Morgan fingerprint density at radius 1 is 0.591 bits per heavy atom. The van der Waals surface area contributed by atoms with E-state index in [9.17, 15) is 0 Å². The van der Waals surface area contributed by atoms with Crippen LogP contribution in [-0.4, -0.2) is 30.1 Å². The maximum absolute atomic E-state index is 4.93. The third kappa shape index (κ3) is 3.93. The first-order valence-corrected chi connectivity index (χ1v) is 9.37. The lowest BCUT2D eigenvalue weighted by atomic mass is 10.0. The summed E-state index contributed by atoms with van der Waals surface area (Å²) in [5, 5.41) is 5.25. The molecule has 0 heterocycles. The summed E-state index contributed by atoms with van der Waals surface area (Å²) in [5.74, 6) is 0. The summed E-state index contributed by atoms with van der Waals surface area (Å²) in [6.07, 6.45) is 0. The average molecular weight is 314 g/mol. The van der Waals surface area contributed by atoms with Crippen molar-refractivity contribution in [2.24, 2.45) is 0 Å². The van der Waals surface area contributed by atoms with E-state index >= 15 is 0 Å². The molecular formula is C18H22O3Si. The van der Waals surface area contributed by atoms with E-state index < -0.39 is 8.80 Å². The second kappa shape index (κ2) is 7.51. The zero-order valence-electron chi connectivity index (χ0n) is 13.5. The van der Waals surface area contributed by atoms with Crippen molar-refractivity contribution >= 4 is 30.3 Å². The van der Waals surface area contributed by atoms with Gasteiger partial charge in [-0.15, -0.1) is 0 Å². The van der Waals surface area contributed by atoms with Crippen LogP contribution in [0.15, 0.2) is 60.7 Å². The highest BCUT2D eigenvalue weighted by atomic mass is 28.4. The van der Waals surface area contributed by atoms with Gasteiger partial charge in [-0.3, -0.25) is 0 Å². The summed E-state index contributed by atoms with van der Waals surface area (Å²) in [4.78, 5) is 0. The molecule has 0 aliphatic carbocycles. The van der Waals surface area contributed by atoms with E-state index in [2.05, 4.69) is 60.7 Å². The minimum absolute atomic E-state index is 1.31. The van der Waals surface area contributed by atoms with Crippen LogP contribution in [0.4, 0.5) is 0 Å². The molecule has 0 aliphatic heterocycles. The molecule has 0 N–H and O–H groups in total. The number of rotatable bonds is 3. The molecule has 4 heteroatoms. The van der Waals surface area contributed by atoms with E-state index in [1.807, 2.05) is 6.55 Å². The van der Waals surface area contributed by atoms with E-state index in [1.54, 1.807) is 21.3 Å². The summed E-state index contributed by atoms with van der Waals surface area (Å²) in [6, 6.07) is 21.4. The van der Waals surface area contributed by atoms with Gasteiger partial charge in [0.05, 0.1) is 0 Å². The molecule has 3 rings (SSSR count). The minimum atomic E-state index is -2.17. The molecule has 3 aromatic rings. The van der Waals surface area contributed by atoms with Crippen molar-refractivity contribution in [3.05, 3.63) is 60.7 Å². The fourth-order valence-corrected chi connectivity index (χ4v) is 2.63. The Morgan fingerprint density at radius 2 is 0.864 bits per heavy atom. The molecule has 0 saturated heterocycles. The lowest BCUT2D eigenvalue weighted by molar-refractivity contribution is 0.132. The SMILES string of the molecule is CO[Si](C)(OC)OC.c1ccc2cc3ccccc3cc2c1. The van der Waals surface area contributed by atoms with Crippen molar-refractivity contribution in [2.75, 3.05) is 21.3 Å². The first-order chi connectivity index (χ1) is 10.6. The van der Waals surface area contributed by atoms with Gasteiger partial charge < -0.3 is 13.3 Å². The van der Waals surface area contributed by atoms with Gasteiger partial charge in [-0.2, -0.15) is 0 Å². The van der Waals surface area contributed by atoms with Gasteiger partial charge in [0.25, 0.3) is 0 Å². The Balaban J connectivity index is 0.000000192. The van der Waals surface area contributed by atoms with Crippen LogP contribution in [0.3, 0.4) is 0 Å². The van der Waals surface area contributed by atoms with E-state index in [0.717, 1.165) is 0 Å². The normalized spacial score (nSPS) is 11.3. The third-order valence-corrected chi connectivity index (χ3v) is 5.95. The molecule has 0 fully saturated rings. The largest absolute Gasteiger partial charge is 0.496 e. The van der Waals surface area contributed by atoms with Crippen molar-refractivity contribution in [2.45, 2.75) is 6.55 Å². The van der Waals surface area contributed by atoms with Gasteiger partial charge in [0, 0.05) is 27.9 Å². The van der Waals surface area contributed by atoms with E-state index in [1.165, 1.54) is 21.5 Å². The number of fused-ring (bicyclic) bond motifs is 2. The molecule has 0 bridgehead atoms. The first-order valence-electron chi connectivity index (χ1n) is 7.15. The fraction of sp³-hybridized carbons (Fsp3) is 0.222. The van der Waals surface area contributed by atoms with Crippen molar-refractivity contribution in [3.8, 4) is 0 Å². The lowest BCUT2D eigenvalue weighted by Gasteiger charge is -2.18. The average Bonchev–Trinajstić information content (AvgIpc) is 2.59. The molecule has 0 unspecified atom stereocenters. The zero-order chi connectivity index (χ0) is 16.0. The van der Waals surface area contributed by atoms with Crippen molar-refractivity contribution < 1.29 is 13.3 Å². The maximum Gasteiger partial charge on any atom is 0.496 e. The third-order valence-electron chi connectivity index (χ3n) is 3.73. The Hall–Kier alpha value is -1.72. The van der Waals surface area contributed by atoms with Crippen LogP contribution in [0.1, 0.15) is 0 Å². The van der Waals surface area contributed by atoms with Crippen LogP contribution in [0.25, 0.3) is 21.5 Å². The Bertz CT molecular complexity index is 625. The van der Waals surface area contributed by atoms with Crippen LogP contribution >= 0.6 is 0 Å².